The summed E-state index contributed by atoms with van der Waals surface area (Å²) in [4.78, 5) is 2.72. The van der Waals surface area contributed by atoms with Crippen LogP contribution in [-0.4, -0.2) is 76.1 Å². The van der Waals surface area contributed by atoms with Gasteiger partial charge in [-0.25, -0.2) is 0 Å². The Morgan fingerprint density at radius 1 is 1.00 bits per heavy atom. The molecule has 1 saturated carbocycles. The molecule has 206 valence electrons. The summed E-state index contributed by atoms with van der Waals surface area (Å²) < 4.78 is 0. The normalized spacial score (nSPS) is 31.9. The van der Waals surface area contributed by atoms with Crippen LogP contribution in [0.3, 0.4) is 0 Å². The lowest BCUT2D eigenvalue weighted by Gasteiger charge is -2.48. The van der Waals surface area contributed by atoms with Gasteiger partial charge in [0.1, 0.15) is 0 Å². The van der Waals surface area contributed by atoms with Crippen LogP contribution in [0, 0.1) is 35.0 Å². The molecule has 0 radical (unpaired) electrons. The molecular weight excluding hydrogens is 456 g/mol. The van der Waals surface area contributed by atoms with Crippen molar-refractivity contribution in [1.29, 1.82) is 0 Å². The van der Waals surface area contributed by atoms with Gasteiger partial charge in [-0.2, -0.15) is 0 Å². The average molecular weight is 511 g/mol. The van der Waals surface area contributed by atoms with Crippen LogP contribution in [-0.2, 0) is 0 Å². The maximum atomic E-state index is 9.53. The highest BCUT2D eigenvalue weighted by molar-refractivity contribution is 6.21. The van der Waals surface area contributed by atoms with Gasteiger partial charge in [0.05, 0.1) is 5.38 Å². The maximum absolute atomic E-state index is 9.53. The highest BCUT2D eigenvalue weighted by Gasteiger charge is 2.40. The fourth-order valence-corrected chi connectivity index (χ4v) is 6.65. The van der Waals surface area contributed by atoms with E-state index < -0.39 is 0 Å². The van der Waals surface area contributed by atoms with Crippen molar-refractivity contribution in [1.82, 2.24) is 10.2 Å². The van der Waals surface area contributed by atoms with Gasteiger partial charge in [-0.3, -0.25) is 0 Å². The molecule has 7 nitrogen and oxygen atoms in total. The fourth-order valence-electron chi connectivity index (χ4n) is 6.44. The van der Waals surface area contributed by atoms with E-state index >= 15 is 0 Å². The summed E-state index contributed by atoms with van der Waals surface area (Å²) in [5.41, 5.74) is 0.353. The molecular formula is C26H55ClN2O5. The first-order valence-electron chi connectivity index (χ1n) is 12.7. The Labute approximate surface area is 212 Å². The number of piperidine rings is 1. The summed E-state index contributed by atoms with van der Waals surface area (Å²) >= 11 is 6.29. The van der Waals surface area contributed by atoms with E-state index in [1.54, 1.807) is 0 Å². The monoisotopic (exact) mass is 510 g/mol. The molecule has 2 aliphatic carbocycles. The van der Waals surface area contributed by atoms with Gasteiger partial charge in [-0.05, 0) is 86.6 Å². The van der Waals surface area contributed by atoms with Gasteiger partial charge in [0, 0.05) is 25.7 Å². The zero-order valence-electron chi connectivity index (χ0n) is 22.0. The second-order valence-corrected chi connectivity index (χ2v) is 12.2. The topological polar surface area (TPSA) is 162 Å². The number of allylic oxidation sites excluding steroid dienone is 2. The first-order chi connectivity index (χ1) is 14.3. The van der Waals surface area contributed by atoms with Crippen LogP contribution in [0.25, 0.3) is 0 Å². The van der Waals surface area contributed by atoms with E-state index in [9.17, 15) is 5.11 Å². The Morgan fingerprint density at radius 3 is 2.24 bits per heavy atom. The summed E-state index contributed by atoms with van der Waals surface area (Å²) in [6.45, 7) is 14.8. The summed E-state index contributed by atoms with van der Waals surface area (Å²) in [6, 6.07) is 0.554. The van der Waals surface area contributed by atoms with Gasteiger partial charge >= 0.3 is 0 Å². The largest absolute Gasteiger partial charge is 0.412 e. The lowest BCUT2D eigenvalue weighted by atomic mass is 9.65. The van der Waals surface area contributed by atoms with Crippen LogP contribution in [0.5, 0.6) is 0 Å². The Hall–Kier alpha value is -0.250. The molecule has 0 aromatic heterocycles. The minimum Gasteiger partial charge on any atom is -0.412 e. The molecule has 3 rings (SSSR count). The highest BCUT2D eigenvalue weighted by Crippen LogP contribution is 2.43. The first-order valence-corrected chi connectivity index (χ1v) is 13.1. The molecule has 1 heterocycles. The molecule has 0 aromatic rings. The number of halogens is 1. The van der Waals surface area contributed by atoms with Crippen LogP contribution in [0.1, 0.15) is 72.6 Å². The molecule has 3 aliphatic rings. The molecule has 0 bridgehead atoms. The molecule has 2 fully saturated rings. The van der Waals surface area contributed by atoms with E-state index in [1.165, 1.54) is 51.6 Å². The minimum atomic E-state index is 0. The number of likely N-dealkylation sites (tertiary alicyclic amines) is 1. The SMILES string of the molecule is CC(C)[C@H](CN1CCC(C2C=CC(Cl)CC2)C(C)(C)C1)NCC1CCCC(CO)C1.O.O.O.O. The zero-order chi connectivity index (χ0) is 21.7. The third-order valence-corrected chi connectivity index (χ3v) is 8.69. The van der Waals surface area contributed by atoms with E-state index in [2.05, 4.69) is 50.1 Å². The zero-order valence-corrected chi connectivity index (χ0v) is 22.7. The predicted octanol–water partition coefficient (Wildman–Crippen LogP) is 2.02. The number of hydrogen-bond donors (Lipinski definition) is 2. The molecule has 1 aliphatic heterocycles. The molecule has 10 N–H and O–H groups in total. The second kappa shape index (κ2) is 16.5. The number of nitrogens with zero attached hydrogens (tertiary/aromatic N) is 1. The molecule has 8 heteroatoms. The predicted molar refractivity (Wildman–Crippen MR) is 143 cm³/mol. The smallest absolute Gasteiger partial charge is 0.0516 e. The van der Waals surface area contributed by atoms with Crippen molar-refractivity contribution in [3.8, 4) is 0 Å². The Balaban J connectivity index is 0. The number of alkyl halides is 1. The number of aliphatic hydroxyl groups excluding tert-OH is 1. The average Bonchev–Trinajstić information content (AvgIpc) is 2.71. The van der Waals surface area contributed by atoms with Gasteiger partial charge in [-0.1, -0.05) is 46.3 Å². The van der Waals surface area contributed by atoms with E-state index in [1.807, 2.05) is 0 Å². The number of nitrogens with one attached hydrogen (secondary N) is 1. The van der Waals surface area contributed by atoms with E-state index in [0.717, 1.165) is 31.3 Å². The molecule has 6 atom stereocenters. The minimum absolute atomic E-state index is 0. The lowest BCUT2D eigenvalue weighted by molar-refractivity contribution is 0.0215. The maximum Gasteiger partial charge on any atom is 0.0516 e. The van der Waals surface area contributed by atoms with Crippen molar-refractivity contribution in [3.05, 3.63) is 12.2 Å². The molecule has 5 unspecified atom stereocenters. The quantitative estimate of drug-likeness (QED) is 0.378. The molecule has 34 heavy (non-hydrogen) atoms. The number of aliphatic hydroxyl groups is 1. The van der Waals surface area contributed by atoms with Crippen LogP contribution < -0.4 is 5.32 Å². The van der Waals surface area contributed by atoms with E-state index in [-0.39, 0.29) is 27.3 Å². The van der Waals surface area contributed by atoms with Crippen molar-refractivity contribution in [2.45, 2.75) is 84.1 Å². The van der Waals surface area contributed by atoms with Gasteiger partial charge < -0.3 is 37.2 Å². The number of hydrogen-bond acceptors (Lipinski definition) is 3. The van der Waals surface area contributed by atoms with Gasteiger partial charge in [-0.15, -0.1) is 11.6 Å². The van der Waals surface area contributed by atoms with Crippen molar-refractivity contribution >= 4 is 11.6 Å². The Bertz CT molecular complexity index is 563. The molecule has 0 amide bonds. The third kappa shape index (κ3) is 10.0. The van der Waals surface area contributed by atoms with Gasteiger partial charge in [0.25, 0.3) is 0 Å². The summed E-state index contributed by atoms with van der Waals surface area (Å²) in [5.74, 6) is 3.40. The van der Waals surface area contributed by atoms with Crippen molar-refractivity contribution in [3.63, 3.8) is 0 Å². The van der Waals surface area contributed by atoms with Crippen LogP contribution >= 0.6 is 11.6 Å². The van der Waals surface area contributed by atoms with E-state index in [0.29, 0.717) is 35.8 Å². The molecule has 0 aromatic carbocycles. The Kier molecular flexibility index (Phi) is 17.4. The lowest BCUT2D eigenvalue weighted by Crippen LogP contribution is -2.53. The molecule has 1 saturated heterocycles. The van der Waals surface area contributed by atoms with Crippen molar-refractivity contribution in [2.75, 3.05) is 32.8 Å². The van der Waals surface area contributed by atoms with Crippen LogP contribution in [0.2, 0.25) is 0 Å². The first kappa shape index (κ1) is 35.9. The Morgan fingerprint density at radius 2 is 1.68 bits per heavy atom. The second-order valence-electron chi connectivity index (χ2n) is 11.6. The summed E-state index contributed by atoms with van der Waals surface area (Å²) in [6.07, 6.45) is 13.4. The highest BCUT2D eigenvalue weighted by atomic mass is 35.5. The van der Waals surface area contributed by atoms with Crippen molar-refractivity contribution < 1.29 is 27.0 Å². The standard InChI is InChI=1S/C26H47ClN2O.4H2O/c1-19(2)25(28-15-20-6-5-7-21(14-20)17-30)16-29-13-12-24(26(3,4)18-29)22-8-10-23(27)11-9-22;;;;/h8,10,19-25,28,30H,5-7,9,11-18H2,1-4H3;4*1H2/t20?,21?,22?,23?,24?,25-;;;;/m0..../s1. The van der Waals surface area contributed by atoms with Crippen molar-refractivity contribution in [2.24, 2.45) is 35.0 Å². The third-order valence-electron chi connectivity index (χ3n) is 8.33. The van der Waals surface area contributed by atoms with E-state index in [4.69, 9.17) is 11.6 Å². The van der Waals surface area contributed by atoms with Gasteiger partial charge in [0.15, 0.2) is 0 Å². The molecule has 0 spiro atoms. The summed E-state index contributed by atoms with van der Waals surface area (Å²) in [5, 5.41) is 13.7. The summed E-state index contributed by atoms with van der Waals surface area (Å²) in [7, 11) is 0. The fraction of sp³-hybridized carbons (Fsp3) is 0.923. The van der Waals surface area contributed by atoms with Crippen LogP contribution in [0.4, 0.5) is 0 Å². The number of rotatable bonds is 8. The van der Waals surface area contributed by atoms with Crippen LogP contribution in [0.15, 0.2) is 12.2 Å². The van der Waals surface area contributed by atoms with Gasteiger partial charge in [0.2, 0.25) is 0 Å².